The van der Waals surface area contributed by atoms with Gasteiger partial charge in [0.2, 0.25) is 0 Å². The molecule has 0 aromatic heterocycles. The van der Waals surface area contributed by atoms with E-state index in [2.05, 4.69) is 4.74 Å². The molecule has 0 saturated carbocycles. The average Bonchev–Trinajstić information content (AvgIpc) is 2.27. The van der Waals surface area contributed by atoms with Gasteiger partial charge in [-0.25, -0.2) is 4.79 Å². The van der Waals surface area contributed by atoms with E-state index in [0.717, 1.165) is 5.56 Å². The fraction of sp³-hybridized carbons (Fsp3) is 0.250. The number of hydrogen-bond donors (Lipinski definition) is 0. The van der Waals surface area contributed by atoms with Gasteiger partial charge in [0.15, 0.2) is 0 Å². The van der Waals surface area contributed by atoms with E-state index in [0.29, 0.717) is 11.1 Å². The summed E-state index contributed by atoms with van der Waals surface area (Å²) in [7, 11) is 1.28. The van der Waals surface area contributed by atoms with Crippen LogP contribution in [0.4, 0.5) is 5.69 Å². The van der Waals surface area contributed by atoms with Gasteiger partial charge in [-0.15, -0.1) is 0 Å². The maximum Gasteiger partial charge on any atom is 0.330 e. The van der Waals surface area contributed by atoms with Gasteiger partial charge in [-0.05, 0) is 31.1 Å². The second-order valence-corrected chi connectivity index (χ2v) is 3.55. The molecular formula is C12H13NO4. The Morgan fingerprint density at radius 2 is 2.06 bits per heavy atom. The van der Waals surface area contributed by atoms with E-state index < -0.39 is 10.9 Å². The van der Waals surface area contributed by atoms with Crippen LogP contribution in [0.1, 0.15) is 16.7 Å². The van der Waals surface area contributed by atoms with Crippen LogP contribution < -0.4 is 0 Å². The second kappa shape index (κ2) is 5.25. The van der Waals surface area contributed by atoms with Crippen LogP contribution >= 0.6 is 0 Å². The number of nitro benzene ring substituents is 1. The zero-order valence-corrected chi connectivity index (χ0v) is 9.89. The first-order valence-corrected chi connectivity index (χ1v) is 4.98. The van der Waals surface area contributed by atoms with Crippen LogP contribution in [0.15, 0.2) is 18.2 Å². The summed E-state index contributed by atoms with van der Waals surface area (Å²) >= 11 is 0. The number of carbonyl (C=O) groups excluding carboxylic acids is 1. The summed E-state index contributed by atoms with van der Waals surface area (Å²) in [6, 6.07) is 3.11. The van der Waals surface area contributed by atoms with Crippen molar-refractivity contribution in [2.45, 2.75) is 13.8 Å². The molecule has 0 heterocycles. The van der Waals surface area contributed by atoms with Gasteiger partial charge in [0, 0.05) is 17.7 Å². The van der Waals surface area contributed by atoms with Crippen LogP contribution in [0.2, 0.25) is 0 Å². The first-order chi connectivity index (χ1) is 7.97. The normalized spacial score (nSPS) is 10.5. The molecule has 1 rings (SSSR count). The third kappa shape index (κ3) is 2.90. The minimum atomic E-state index is -0.490. The van der Waals surface area contributed by atoms with E-state index >= 15 is 0 Å². The smallest absolute Gasteiger partial charge is 0.330 e. The lowest BCUT2D eigenvalue weighted by molar-refractivity contribution is -0.385. The number of esters is 1. The second-order valence-electron chi connectivity index (χ2n) is 3.55. The van der Waals surface area contributed by atoms with Crippen molar-refractivity contribution < 1.29 is 14.5 Å². The van der Waals surface area contributed by atoms with E-state index in [4.69, 9.17) is 0 Å². The lowest BCUT2D eigenvalue weighted by Gasteiger charge is -2.05. The third-order valence-corrected chi connectivity index (χ3v) is 2.49. The van der Waals surface area contributed by atoms with E-state index in [-0.39, 0.29) is 5.69 Å². The summed E-state index contributed by atoms with van der Waals surface area (Å²) in [5.41, 5.74) is 2.12. The molecule has 0 aliphatic carbocycles. The molecule has 0 saturated heterocycles. The Balaban J connectivity index is 3.23. The van der Waals surface area contributed by atoms with Gasteiger partial charge in [0.25, 0.3) is 5.69 Å². The van der Waals surface area contributed by atoms with Crippen molar-refractivity contribution in [1.82, 2.24) is 0 Å². The first kappa shape index (κ1) is 12.9. The predicted octanol–water partition coefficient (Wildman–Crippen LogP) is 2.40. The Bertz CT molecular complexity index is 492. The molecule has 5 nitrogen and oxygen atoms in total. The number of nitro groups is 1. The fourth-order valence-electron chi connectivity index (χ4n) is 1.53. The average molecular weight is 235 g/mol. The van der Waals surface area contributed by atoms with Gasteiger partial charge in [-0.1, -0.05) is 6.07 Å². The molecule has 5 heteroatoms. The summed E-state index contributed by atoms with van der Waals surface area (Å²) in [5.74, 6) is -0.490. The molecule has 0 spiro atoms. The van der Waals surface area contributed by atoms with Crippen molar-refractivity contribution in [2.75, 3.05) is 7.11 Å². The minimum Gasteiger partial charge on any atom is -0.466 e. The number of aryl methyl sites for hydroxylation is 1. The highest BCUT2D eigenvalue weighted by Gasteiger charge is 2.14. The molecule has 0 bridgehead atoms. The highest BCUT2D eigenvalue weighted by Crippen LogP contribution is 2.25. The van der Waals surface area contributed by atoms with Crippen molar-refractivity contribution in [3.63, 3.8) is 0 Å². The summed E-state index contributed by atoms with van der Waals surface area (Å²) in [6.07, 6.45) is 2.78. The Hall–Kier alpha value is -2.17. The van der Waals surface area contributed by atoms with Crippen LogP contribution in [-0.2, 0) is 9.53 Å². The van der Waals surface area contributed by atoms with E-state index in [1.54, 1.807) is 13.0 Å². The Morgan fingerprint density at radius 1 is 1.41 bits per heavy atom. The molecular weight excluding hydrogens is 222 g/mol. The Kier molecular flexibility index (Phi) is 3.98. The molecule has 0 unspecified atom stereocenters. The summed E-state index contributed by atoms with van der Waals surface area (Å²) in [6.45, 7) is 3.48. The van der Waals surface area contributed by atoms with Crippen LogP contribution in [-0.4, -0.2) is 18.0 Å². The number of methoxy groups -OCH3 is 1. The lowest BCUT2D eigenvalue weighted by Crippen LogP contribution is -1.97. The highest BCUT2D eigenvalue weighted by atomic mass is 16.6. The van der Waals surface area contributed by atoms with Gasteiger partial charge in [0.1, 0.15) is 0 Å². The standard InChI is InChI=1S/C12H13NO4/c1-8-4-6-11(13(15)16)9(2)10(8)5-7-12(14)17-3/h4-7H,1-3H3/b7-5+. The molecule has 90 valence electrons. The van der Waals surface area contributed by atoms with Gasteiger partial charge in [0.05, 0.1) is 12.0 Å². The van der Waals surface area contributed by atoms with Crippen molar-refractivity contribution in [3.05, 3.63) is 45.0 Å². The quantitative estimate of drug-likeness (QED) is 0.349. The topological polar surface area (TPSA) is 69.4 Å². The summed E-state index contributed by atoms with van der Waals surface area (Å²) in [5, 5.41) is 10.8. The summed E-state index contributed by atoms with van der Waals surface area (Å²) < 4.78 is 4.47. The van der Waals surface area contributed by atoms with E-state index in [1.807, 2.05) is 6.92 Å². The molecule has 0 amide bonds. The number of carbonyl (C=O) groups is 1. The highest BCUT2D eigenvalue weighted by molar-refractivity contribution is 5.87. The third-order valence-electron chi connectivity index (χ3n) is 2.49. The lowest BCUT2D eigenvalue weighted by atomic mass is 10.0. The van der Waals surface area contributed by atoms with Crippen molar-refractivity contribution >= 4 is 17.7 Å². The molecule has 0 aliphatic heterocycles. The van der Waals surface area contributed by atoms with Crippen LogP contribution in [0.5, 0.6) is 0 Å². The molecule has 0 radical (unpaired) electrons. The zero-order valence-electron chi connectivity index (χ0n) is 9.89. The predicted molar refractivity (Wildman–Crippen MR) is 63.6 cm³/mol. The molecule has 0 atom stereocenters. The molecule has 1 aromatic carbocycles. The molecule has 17 heavy (non-hydrogen) atoms. The fourth-order valence-corrected chi connectivity index (χ4v) is 1.53. The maximum absolute atomic E-state index is 11.0. The molecule has 0 aliphatic rings. The summed E-state index contributed by atoms with van der Waals surface area (Å²) in [4.78, 5) is 21.3. The maximum atomic E-state index is 11.0. The SMILES string of the molecule is COC(=O)/C=C/c1c(C)ccc([N+](=O)[O-])c1C. The largest absolute Gasteiger partial charge is 0.466 e. The number of nitrogens with zero attached hydrogens (tertiary/aromatic N) is 1. The number of benzene rings is 1. The first-order valence-electron chi connectivity index (χ1n) is 4.98. The van der Waals surface area contributed by atoms with E-state index in [1.165, 1.54) is 25.3 Å². The Morgan fingerprint density at radius 3 is 2.59 bits per heavy atom. The molecule has 0 N–H and O–H groups in total. The van der Waals surface area contributed by atoms with Gasteiger partial charge in [-0.3, -0.25) is 10.1 Å². The molecule has 1 aromatic rings. The van der Waals surface area contributed by atoms with Crippen molar-refractivity contribution in [2.24, 2.45) is 0 Å². The molecule has 0 fully saturated rings. The van der Waals surface area contributed by atoms with Gasteiger partial charge < -0.3 is 4.74 Å². The van der Waals surface area contributed by atoms with E-state index in [9.17, 15) is 14.9 Å². The van der Waals surface area contributed by atoms with Crippen molar-refractivity contribution in [1.29, 1.82) is 0 Å². The Labute approximate surface area is 98.9 Å². The van der Waals surface area contributed by atoms with Crippen LogP contribution in [0, 0.1) is 24.0 Å². The number of hydrogen-bond acceptors (Lipinski definition) is 4. The van der Waals surface area contributed by atoms with Crippen LogP contribution in [0.3, 0.4) is 0 Å². The van der Waals surface area contributed by atoms with Gasteiger partial charge >= 0.3 is 5.97 Å². The zero-order chi connectivity index (χ0) is 13.0. The number of rotatable bonds is 3. The monoisotopic (exact) mass is 235 g/mol. The minimum absolute atomic E-state index is 0.0418. The number of ether oxygens (including phenoxy) is 1. The van der Waals surface area contributed by atoms with Crippen LogP contribution in [0.25, 0.3) is 6.08 Å². The van der Waals surface area contributed by atoms with Crippen molar-refractivity contribution in [3.8, 4) is 0 Å². The van der Waals surface area contributed by atoms with Gasteiger partial charge in [-0.2, -0.15) is 0 Å².